The highest BCUT2D eigenvalue weighted by Gasteiger charge is 2.24. The van der Waals surface area contributed by atoms with E-state index in [4.69, 9.17) is 0 Å². The molecule has 1 heterocycles. The number of hydrogen-bond donors (Lipinski definition) is 2. The number of aliphatic hydroxyl groups excluding tert-OH is 1. The van der Waals surface area contributed by atoms with Crippen LogP contribution in [0.1, 0.15) is 45.9 Å². The van der Waals surface area contributed by atoms with Crippen LogP contribution in [0.5, 0.6) is 0 Å². The molecule has 0 aliphatic rings. The van der Waals surface area contributed by atoms with Crippen molar-refractivity contribution in [1.29, 1.82) is 0 Å². The van der Waals surface area contributed by atoms with Gasteiger partial charge in [0.25, 0.3) is 10.0 Å². The molecule has 0 bridgehead atoms. The zero-order valence-corrected chi connectivity index (χ0v) is 14.4. The van der Waals surface area contributed by atoms with Gasteiger partial charge in [0.15, 0.2) is 5.03 Å². The number of nitrogens with one attached hydrogen (secondary N) is 1. The van der Waals surface area contributed by atoms with Crippen molar-refractivity contribution in [1.82, 2.24) is 14.3 Å². The quantitative estimate of drug-likeness (QED) is 0.762. The van der Waals surface area contributed by atoms with Crippen LogP contribution < -0.4 is 4.72 Å². The zero-order chi connectivity index (χ0) is 16.3. The van der Waals surface area contributed by atoms with Crippen LogP contribution in [0.4, 0.5) is 0 Å². The summed E-state index contributed by atoms with van der Waals surface area (Å²) in [6.45, 7) is 8.00. The topological polar surface area (TPSA) is 84.2 Å². The minimum atomic E-state index is -3.67. The standard InChI is InChI=1S/C14H27N3O3S/c1-6-7-14(3,4)8-12(18)9-15-21(19,20)13-10-17(5)11(2)16-13/h10,12,15,18H,6-9H2,1-5H3. The first kappa shape index (κ1) is 18.1. The van der Waals surface area contributed by atoms with E-state index in [1.54, 1.807) is 18.5 Å². The zero-order valence-electron chi connectivity index (χ0n) is 13.5. The summed E-state index contributed by atoms with van der Waals surface area (Å²) < 4.78 is 28.3. The summed E-state index contributed by atoms with van der Waals surface area (Å²) >= 11 is 0. The molecule has 2 N–H and O–H groups in total. The van der Waals surface area contributed by atoms with Crippen LogP contribution in [0.25, 0.3) is 0 Å². The molecule has 0 aliphatic carbocycles. The smallest absolute Gasteiger partial charge is 0.259 e. The van der Waals surface area contributed by atoms with E-state index in [1.807, 2.05) is 0 Å². The van der Waals surface area contributed by atoms with Crippen molar-refractivity contribution >= 4 is 10.0 Å². The van der Waals surface area contributed by atoms with Crippen molar-refractivity contribution in [2.75, 3.05) is 6.54 Å². The third-order valence-electron chi connectivity index (χ3n) is 3.59. The van der Waals surface area contributed by atoms with Gasteiger partial charge in [-0.25, -0.2) is 18.1 Å². The lowest BCUT2D eigenvalue weighted by atomic mass is 9.82. The molecule has 0 aromatic carbocycles. The normalized spacial score (nSPS) is 14.4. The molecule has 0 fully saturated rings. The highest BCUT2D eigenvalue weighted by atomic mass is 32.2. The summed E-state index contributed by atoms with van der Waals surface area (Å²) in [5, 5.41) is 10.0. The number of aromatic nitrogens is 2. The minimum absolute atomic E-state index is 0.00118. The Kier molecular flexibility index (Phi) is 5.95. The Morgan fingerprint density at radius 3 is 2.57 bits per heavy atom. The Bertz CT molecular complexity index is 545. The van der Waals surface area contributed by atoms with Crippen LogP contribution in [0.3, 0.4) is 0 Å². The van der Waals surface area contributed by atoms with Crippen LogP contribution in [0.2, 0.25) is 0 Å². The molecule has 122 valence electrons. The average molecular weight is 317 g/mol. The summed E-state index contributed by atoms with van der Waals surface area (Å²) in [5.74, 6) is 0.625. The predicted molar refractivity (Wildman–Crippen MR) is 82.4 cm³/mol. The lowest BCUT2D eigenvalue weighted by Gasteiger charge is -2.26. The van der Waals surface area contributed by atoms with Crippen LogP contribution in [0, 0.1) is 12.3 Å². The van der Waals surface area contributed by atoms with Crippen LogP contribution >= 0.6 is 0 Å². The Morgan fingerprint density at radius 1 is 1.48 bits per heavy atom. The van der Waals surface area contributed by atoms with E-state index in [2.05, 4.69) is 30.5 Å². The number of nitrogens with zero attached hydrogens (tertiary/aromatic N) is 2. The van der Waals surface area contributed by atoms with Crippen LogP contribution in [-0.2, 0) is 17.1 Å². The van der Waals surface area contributed by atoms with E-state index in [1.165, 1.54) is 6.20 Å². The van der Waals surface area contributed by atoms with Crippen molar-refractivity contribution in [2.45, 2.75) is 58.1 Å². The minimum Gasteiger partial charge on any atom is -0.392 e. The van der Waals surface area contributed by atoms with Gasteiger partial charge in [-0.2, -0.15) is 0 Å². The molecule has 1 rings (SSSR count). The molecule has 0 saturated carbocycles. The molecular weight excluding hydrogens is 290 g/mol. The molecule has 21 heavy (non-hydrogen) atoms. The molecule has 1 aromatic heterocycles. The van der Waals surface area contributed by atoms with Gasteiger partial charge in [-0.15, -0.1) is 0 Å². The molecule has 1 atom stereocenters. The highest BCUT2D eigenvalue weighted by Crippen LogP contribution is 2.28. The SMILES string of the molecule is CCCC(C)(C)CC(O)CNS(=O)(=O)c1cn(C)c(C)n1. The Balaban J connectivity index is 2.61. The maximum Gasteiger partial charge on any atom is 0.259 e. The molecule has 6 nitrogen and oxygen atoms in total. The van der Waals surface area contributed by atoms with Gasteiger partial charge in [0.1, 0.15) is 5.82 Å². The molecular formula is C14H27N3O3S. The second-order valence-electron chi connectivity index (χ2n) is 6.36. The largest absolute Gasteiger partial charge is 0.392 e. The van der Waals surface area contributed by atoms with Gasteiger partial charge in [0, 0.05) is 19.8 Å². The van der Waals surface area contributed by atoms with Crippen LogP contribution in [-0.4, -0.2) is 35.7 Å². The third kappa shape index (κ3) is 5.41. The summed E-state index contributed by atoms with van der Waals surface area (Å²) in [6, 6.07) is 0. The molecule has 1 unspecified atom stereocenters. The number of rotatable bonds is 8. The van der Waals surface area contributed by atoms with E-state index in [0.29, 0.717) is 12.2 Å². The molecule has 1 aromatic rings. The van der Waals surface area contributed by atoms with Gasteiger partial charge in [0.05, 0.1) is 6.10 Å². The number of sulfonamides is 1. The third-order valence-corrected chi connectivity index (χ3v) is 4.88. The first-order valence-corrected chi connectivity index (χ1v) is 8.73. The summed E-state index contributed by atoms with van der Waals surface area (Å²) in [7, 11) is -1.93. The first-order valence-electron chi connectivity index (χ1n) is 7.25. The fraction of sp³-hybridized carbons (Fsp3) is 0.786. The van der Waals surface area contributed by atoms with E-state index in [9.17, 15) is 13.5 Å². The lowest BCUT2D eigenvalue weighted by Crippen LogP contribution is -2.34. The Morgan fingerprint density at radius 2 is 2.10 bits per heavy atom. The fourth-order valence-corrected chi connectivity index (χ4v) is 3.53. The Labute approximate surface area is 127 Å². The van der Waals surface area contributed by atoms with Gasteiger partial charge in [0.2, 0.25) is 0 Å². The summed E-state index contributed by atoms with van der Waals surface area (Å²) in [6.07, 6.45) is 3.36. The molecule has 0 saturated heterocycles. The molecule has 0 amide bonds. The van der Waals surface area contributed by atoms with Gasteiger partial charge in [-0.1, -0.05) is 27.2 Å². The molecule has 7 heteroatoms. The van der Waals surface area contributed by atoms with E-state index in [-0.39, 0.29) is 17.0 Å². The average Bonchev–Trinajstić information content (AvgIpc) is 2.67. The van der Waals surface area contributed by atoms with Crippen molar-refractivity contribution < 1.29 is 13.5 Å². The second-order valence-corrected chi connectivity index (χ2v) is 8.08. The number of aryl methyl sites for hydroxylation is 2. The summed E-state index contributed by atoms with van der Waals surface area (Å²) in [5.41, 5.74) is 0.00118. The second kappa shape index (κ2) is 6.89. The van der Waals surface area contributed by atoms with Crippen molar-refractivity contribution in [3.8, 4) is 0 Å². The van der Waals surface area contributed by atoms with Gasteiger partial charge < -0.3 is 9.67 Å². The molecule has 0 aliphatic heterocycles. The van der Waals surface area contributed by atoms with E-state index in [0.717, 1.165) is 12.8 Å². The van der Waals surface area contributed by atoms with Gasteiger partial charge >= 0.3 is 0 Å². The maximum absolute atomic E-state index is 12.1. The van der Waals surface area contributed by atoms with Crippen molar-refractivity contribution in [3.05, 3.63) is 12.0 Å². The number of hydrogen-bond acceptors (Lipinski definition) is 4. The first-order chi connectivity index (χ1) is 9.57. The number of imidazole rings is 1. The lowest BCUT2D eigenvalue weighted by molar-refractivity contribution is 0.112. The van der Waals surface area contributed by atoms with Gasteiger partial charge in [-0.05, 0) is 25.2 Å². The van der Waals surface area contributed by atoms with Crippen LogP contribution in [0.15, 0.2) is 11.2 Å². The van der Waals surface area contributed by atoms with Gasteiger partial charge in [-0.3, -0.25) is 0 Å². The fourth-order valence-electron chi connectivity index (χ4n) is 2.42. The highest BCUT2D eigenvalue weighted by molar-refractivity contribution is 7.89. The summed E-state index contributed by atoms with van der Waals surface area (Å²) in [4.78, 5) is 3.99. The Hall–Kier alpha value is -0.920. The van der Waals surface area contributed by atoms with E-state index >= 15 is 0 Å². The monoisotopic (exact) mass is 317 g/mol. The number of aliphatic hydroxyl groups is 1. The maximum atomic E-state index is 12.1. The van der Waals surface area contributed by atoms with Crippen molar-refractivity contribution in [2.24, 2.45) is 12.5 Å². The molecule has 0 radical (unpaired) electrons. The van der Waals surface area contributed by atoms with E-state index < -0.39 is 16.1 Å². The predicted octanol–water partition coefficient (Wildman–Crippen LogP) is 1.58. The molecule has 0 spiro atoms. The van der Waals surface area contributed by atoms with Crippen molar-refractivity contribution in [3.63, 3.8) is 0 Å².